The second-order valence-corrected chi connectivity index (χ2v) is 6.29. The van der Waals surface area contributed by atoms with Crippen LogP contribution in [0.4, 0.5) is 0 Å². The highest BCUT2D eigenvalue weighted by Crippen LogP contribution is 2.31. The Morgan fingerprint density at radius 3 is 2.79 bits per heavy atom. The zero-order valence-corrected chi connectivity index (χ0v) is 13.9. The topological polar surface area (TPSA) is 81.5 Å². The first kappa shape index (κ1) is 17.0. The maximum absolute atomic E-state index is 12.2. The summed E-state index contributed by atoms with van der Waals surface area (Å²) in [5.41, 5.74) is 0. The molecule has 1 fully saturated rings. The fraction of sp³-hybridized carbons (Fsp3) is 0.588. The van der Waals surface area contributed by atoms with E-state index in [4.69, 9.17) is 14.2 Å². The number of morpholine rings is 1. The fourth-order valence-electron chi connectivity index (χ4n) is 2.93. The van der Waals surface area contributed by atoms with Gasteiger partial charge in [-0.2, -0.15) is 0 Å². The minimum absolute atomic E-state index is 0.264. The van der Waals surface area contributed by atoms with Gasteiger partial charge in [0.15, 0.2) is 23.7 Å². The van der Waals surface area contributed by atoms with Crippen LogP contribution in [0, 0.1) is 0 Å². The lowest BCUT2D eigenvalue weighted by Crippen LogP contribution is -3.15. The Bertz CT molecular complexity index is 562. The lowest BCUT2D eigenvalue weighted by Gasteiger charge is -2.31. The van der Waals surface area contributed by atoms with E-state index in [9.17, 15) is 9.90 Å². The monoisotopic (exact) mass is 337 g/mol. The molecule has 132 valence electrons. The van der Waals surface area contributed by atoms with Gasteiger partial charge in [-0.05, 0) is 19.1 Å². The number of quaternary nitrogens is 1. The Balaban J connectivity index is 1.49. The highest BCUT2D eigenvalue weighted by Gasteiger charge is 2.30. The molecule has 1 aromatic rings. The van der Waals surface area contributed by atoms with Crippen molar-refractivity contribution in [3.63, 3.8) is 0 Å². The van der Waals surface area contributed by atoms with Crippen molar-refractivity contribution in [2.24, 2.45) is 0 Å². The standard InChI is InChI=1S/C17H24N2O5/c1-12(16-11-23-14-4-2-3-5-15(14)24-16)18-17(21)13(20)10-19-6-8-22-9-7-19/h2-5,12-13,16,20H,6-11H2,1H3,(H,18,21)/p+1. The van der Waals surface area contributed by atoms with Crippen molar-refractivity contribution < 1.29 is 29.0 Å². The normalized spacial score (nSPS) is 23.3. The molecule has 3 rings (SSSR count). The van der Waals surface area contributed by atoms with Crippen molar-refractivity contribution in [1.82, 2.24) is 5.32 Å². The molecular formula is C17H25N2O5+. The molecule has 0 saturated carbocycles. The predicted octanol–water partition coefficient (Wildman–Crippen LogP) is -1.39. The summed E-state index contributed by atoms with van der Waals surface area (Å²) in [5.74, 6) is 1.01. The Labute approximate surface area is 141 Å². The second-order valence-electron chi connectivity index (χ2n) is 6.29. The van der Waals surface area contributed by atoms with E-state index in [0.29, 0.717) is 37.9 Å². The minimum Gasteiger partial charge on any atom is -0.486 e. The first-order chi connectivity index (χ1) is 11.6. The molecule has 0 bridgehead atoms. The van der Waals surface area contributed by atoms with Gasteiger partial charge >= 0.3 is 0 Å². The predicted molar refractivity (Wildman–Crippen MR) is 86.3 cm³/mol. The molecule has 24 heavy (non-hydrogen) atoms. The van der Waals surface area contributed by atoms with Gasteiger partial charge in [0.05, 0.1) is 19.3 Å². The zero-order valence-electron chi connectivity index (χ0n) is 13.9. The van der Waals surface area contributed by atoms with E-state index in [0.717, 1.165) is 13.1 Å². The van der Waals surface area contributed by atoms with Gasteiger partial charge in [-0.3, -0.25) is 4.79 Å². The van der Waals surface area contributed by atoms with Crippen molar-refractivity contribution in [2.45, 2.75) is 25.2 Å². The van der Waals surface area contributed by atoms with Crippen molar-refractivity contribution in [2.75, 3.05) is 39.5 Å². The second kappa shape index (κ2) is 7.83. The summed E-state index contributed by atoms with van der Waals surface area (Å²) >= 11 is 0. The van der Waals surface area contributed by atoms with E-state index < -0.39 is 6.10 Å². The third kappa shape index (κ3) is 4.17. The Kier molecular flexibility index (Phi) is 5.55. The fourth-order valence-corrected chi connectivity index (χ4v) is 2.93. The molecule has 1 saturated heterocycles. The van der Waals surface area contributed by atoms with E-state index in [1.54, 1.807) is 0 Å². The largest absolute Gasteiger partial charge is 0.486 e. The van der Waals surface area contributed by atoms with E-state index in [-0.39, 0.29) is 18.1 Å². The van der Waals surface area contributed by atoms with Gasteiger partial charge in [0.2, 0.25) is 0 Å². The summed E-state index contributed by atoms with van der Waals surface area (Å²) in [7, 11) is 0. The lowest BCUT2D eigenvalue weighted by atomic mass is 10.1. The number of carbonyl (C=O) groups excluding carboxylic acids is 1. The number of hydrogen-bond acceptors (Lipinski definition) is 5. The summed E-state index contributed by atoms with van der Waals surface area (Å²) in [6.45, 7) is 5.59. The number of aliphatic hydroxyl groups excluding tert-OH is 1. The van der Waals surface area contributed by atoms with Crippen molar-refractivity contribution >= 4 is 5.91 Å². The molecule has 1 aromatic carbocycles. The number of benzene rings is 1. The summed E-state index contributed by atoms with van der Waals surface area (Å²) in [6.07, 6.45) is -1.32. The molecule has 0 aliphatic carbocycles. The van der Waals surface area contributed by atoms with Crippen molar-refractivity contribution in [1.29, 1.82) is 0 Å². The van der Waals surface area contributed by atoms with E-state index in [2.05, 4.69) is 5.32 Å². The van der Waals surface area contributed by atoms with Crippen LogP contribution < -0.4 is 19.7 Å². The number of aliphatic hydroxyl groups is 1. The summed E-state index contributed by atoms with van der Waals surface area (Å²) in [5, 5.41) is 13.0. The molecule has 0 aromatic heterocycles. The molecule has 3 N–H and O–H groups in total. The van der Waals surface area contributed by atoms with Gasteiger partial charge in [0, 0.05) is 0 Å². The first-order valence-electron chi connectivity index (χ1n) is 8.41. The van der Waals surface area contributed by atoms with Crippen LogP contribution in [0.3, 0.4) is 0 Å². The molecular weight excluding hydrogens is 312 g/mol. The number of ether oxygens (including phenoxy) is 3. The molecule has 7 heteroatoms. The summed E-state index contributed by atoms with van der Waals surface area (Å²) in [6, 6.07) is 7.19. The van der Waals surface area contributed by atoms with E-state index in [1.807, 2.05) is 31.2 Å². The number of rotatable bonds is 5. The third-order valence-corrected chi connectivity index (χ3v) is 4.44. The number of fused-ring (bicyclic) bond motifs is 1. The molecule has 3 atom stereocenters. The van der Waals surface area contributed by atoms with E-state index >= 15 is 0 Å². The third-order valence-electron chi connectivity index (χ3n) is 4.44. The van der Waals surface area contributed by atoms with Crippen LogP contribution in [-0.2, 0) is 9.53 Å². The lowest BCUT2D eigenvalue weighted by molar-refractivity contribution is -0.910. The quantitative estimate of drug-likeness (QED) is 0.616. The number of amides is 1. The van der Waals surface area contributed by atoms with Gasteiger partial charge in [-0.15, -0.1) is 0 Å². The Hall–Kier alpha value is -1.83. The van der Waals surface area contributed by atoms with Gasteiger partial charge in [0.1, 0.15) is 26.2 Å². The smallest absolute Gasteiger partial charge is 0.255 e. The molecule has 7 nitrogen and oxygen atoms in total. The van der Waals surface area contributed by atoms with Crippen LogP contribution in [0.25, 0.3) is 0 Å². The molecule has 2 aliphatic rings. The molecule has 2 aliphatic heterocycles. The molecule has 3 unspecified atom stereocenters. The number of carbonyl (C=O) groups is 1. The van der Waals surface area contributed by atoms with Crippen LogP contribution in [0.1, 0.15) is 6.92 Å². The number of hydrogen-bond donors (Lipinski definition) is 3. The number of nitrogens with one attached hydrogen (secondary N) is 2. The highest BCUT2D eigenvalue weighted by atomic mass is 16.6. The average Bonchev–Trinajstić information content (AvgIpc) is 2.62. The summed E-state index contributed by atoms with van der Waals surface area (Å²) < 4.78 is 16.8. The zero-order chi connectivity index (χ0) is 16.9. The molecule has 1 amide bonds. The van der Waals surface area contributed by atoms with Crippen molar-refractivity contribution in [3.8, 4) is 11.5 Å². The van der Waals surface area contributed by atoms with Crippen LogP contribution in [0.5, 0.6) is 11.5 Å². The minimum atomic E-state index is -1.03. The Morgan fingerprint density at radius 2 is 2.04 bits per heavy atom. The Morgan fingerprint density at radius 1 is 1.33 bits per heavy atom. The van der Waals surface area contributed by atoms with Gasteiger partial charge in [0.25, 0.3) is 5.91 Å². The first-order valence-corrected chi connectivity index (χ1v) is 8.41. The van der Waals surface area contributed by atoms with Crippen LogP contribution in [0.15, 0.2) is 24.3 Å². The van der Waals surface area contributed by atoms with Crippen LogP contribution in [0.2, 0.25) is 0 Å². The van der Waals surface area contributed by atoms with Gasteiger partial charge < -0.3 is 29.5 Å². The van der Waals surface area contributed by atoms with Crippen molar-refractivity contribution in [3.05, 3.63) is 24.3 Å². The highest BCUT2D eigenvalue weighted by molar-refractivity contribution is 5.80. The van der Waals surface area contributed by atoms with Crippen LogP contribution in [-0.4, -0.2) is 68.7 Å². The van der Waals surface area contributed by atoms with E-state index in [1.165, 1.54) is 4.90 Å². The SMILES string of the molecule is CC(NC(=O)C(O)C[NH+]1CCOCC1)C1COc2ccccc2O1. The maximum Gasteiger partial charge on any atom is 0.255 e. The molecule has 0 radical (unpaired) electrons. The molecule has 0 spiro atoms. The maximum atomic E-state index is 12.2. The van der Waals surface area contributed by atoms with Gasteiger partial charge in [-0.25, -0.2) is 0 Å². The van der Waals surface area contributed by atoms with Crippen LogP contribution >= 0.6 is 0 Å². The number of para-hydroxylation sites is 2. The van der Waals surface area contributed by atoms with Gasteiger partial charge in [-0.1, -0.05) is 12.1 Å². The summed E-state index contributed by atoms with van der Waals surface area (Å²) in [4.78, 5) is 13.4. The average molecular weight is 337 g/mol. The molecule has 2 heterocycles.